The van der Waals surface area contributed by atoms with E-state index in [1.165, 1.54) is 11.1 Å². The van der Waals surface area contributed by atoms with E-state index in [0.29, 0.717) is 0 Å². The van der Waals surface area contributed by atoms with Crippen LogP contribution in [-0.4, -0.2) is 9.78 Å². The first-order valence-corrected chi connectivity index (χ1v) is 6.61. The maximum atomic E-state index is 6.18. The number of aromatic nitrogens is 2. The predicted octanol–water partition coefficient (Wildman–Crippen LogP) is 2.93. The highest BCUT2D eigenvalue weighted by Gasteiger charge is 2.06. The molecule has 3 heteroatoms. The zero-order valence-electron chi connectivity index (χ0n) is 10.9. The van der Waals surface area contributed by atoms with Crippen LogP contribution in [-0.2, 0) is 13.0 Å². The van der Waals surface area contributed by atoms with Gasteiger partial charge in [0.05, 0.1) is 6.20 Å². The van der Waals surface area contributed by atoms with Crippen LogP contribution in [0.4, 0.5) is 0 Å². The van der Waals surface area contributed by atoms with Gasteiger partial charge in [-0.05, 0) is 30.4 Å². The topological polar surface area (TPSA) is 43.8 Å². The zero-order chi connectivity index (χ0) is 12.8. The minimum atomic E-state index is 0.112. The molecule has 1 unspecified atom stereocenters. The molecule has 0 spiro atoms. The highest BCUT2D eigenvalue weighted by atomic mass is 15.3. The Kier molecular flexibility index (Phi) is 4.53. The molecule has 0 aliphatic carbocycles. The molecule has 1 aromatic heterocycles. The van der Waals surface area contributed by atoms with Crippen molar-refractivity contribution in [2.45, 2.75) is 38.8 Å². The van der Waals surface area contributed by atoms with Crippen LogP contribution in [0.2, 0.25) is 0 Å². The van der Waals surface area contributed by atoms with E-state index in [0.717, 1.165) is 25.8 Å². The highest BCUT2D eigenvalue weighted by Crippen LogP contribution is 2.16. The summed E-state index contributed by atoms with van der Waals surface area (Å²) in [5.41, 5.74) is 8.66. The maximum absolute atomic E-state index is 6.18. The first-order chi connectivity index (χ1) is 8.79. The van der Waals surface area contributed by atoms with E-state index in [1.54, 1.807) is 0 Å². The van der Waals surface area contributed by atoms with Crippen LogP contribution in [0.15, 0.2) is 42.7 Å². The van der Waals surface area contributed by atoms with Crippen molar-refractivity contribution < 1.29 is 0 Å². The number of nitrogens with zero attached hydrogens (tertiary/aromatic N) is 2. The zero-order valence-corrected chi connectivity index (χ0v) is 10.9. The van der Waals surface area contributed by atoms with Crippen molar-refractivity contribution in [2.24, 2.45) is 5.73 Å². The molecule has 1 aromatic carbocycles. The Morgan fingerprint density at radius 3 is 2.78 bits per heavy atom. The molecule has 2 N–H and O–H groups in total. The summed E-state index contributed by atoms with van der Waals surface area (Å²) in [6.45, 7) is 3.15. The monoisotopic (exact) mass is 243 g/mol. The van der Waals surface area contributed by atoms with Gasteiger partial charge in [-0.2, -0.15) is 5.10 Å². The van der Waals surface area contributed by atoms with E-state index in [1.807, 2.05) is 29.1 Å². The summed E-state index contributed by atoms with van der Waals surface area (Å²) in [7, 11) is 0. The van der Waals surface area contributed by atoms with E-state index < -0.39 is 0 Å². The summed E-state index contributed by atoms with van der Waals surface area (Å²) in [4.78, 5) is 0. The Labute approximate surface area is 109 Å². The summed E-state index contributed by atoms with van der Waals surface area (Å²) in [5.74, 6) is 0. The lowest BCUT2D eigenvalue weighted by molar-refractivity contribution is 0.601. The quantitative estimate of drug-likeness (QED) is 0.847. The standard InChI is InChI=1S/C15H21N3/c1-2-10-18-12-13(11-17-18)8-9-15(16)14-6-4-3-5-7-14/h3-7,11-12,15H,2,8-10,16H2,1H3. The van der Waals surface area contributed by atoms with Gasteiger partial charge in [-0.3, -0.25) is 4.68 Å². The van der Waals surface area contributed by atoms with E-state index in [2.05, 4.69) is 30.4 Å². The smallest absolute Gasteiger partial charge is 0.0521 e. The van der Waals surface area contributed by atoms with Crippen LogP contribution < -0.4 is 5.73 Å². The fourth-order valence-corrected chi connectivity index (χ4v) is 2.08. The second-order valence-corrected chi connectivity index (χ2v) is 4.67. The van der Waals surface area contributed by atoms with Gasteiger partial charge in [0.2, 0.25) is 0 Å². The van der Waals surface area contributed by atoms with Gasteiger partial charge in [0, 0.05) is 18.8 Å². The molecule has 0 amide bonds. The van der Waals surface area contributed by atoms with Crippen molar-refractivity contribution in [3.63, 3.8) is 0 Å². The molecule has 2 rings (SSSR count). The molecule has 0 aliphatic rings. The number of benzene rings is 1. The average Bonchev–Trinajstić information content (AvgIpc) is 2.85. The third kappa shape index (κ3) is 3.44. The molecule has 96 valence electrons. The molecule has 1 atom stereocenters. The summed E-state index contributed by atoms with van der Waals surface area (Å²) in [5, 5.41) is 4.33. The van der Waals surface area contributed by atoms with Crippen LogP contribution in [0.5, 0.6) is 0 Å². The Morgan fingerprint density at radius 2 is 2.06 bits per heavy atom. The van der Waals surface area contributed by atoms with Gasteiger partial charge in [-0.1, -0.05) is 37.3 Å². The molecule has 0 saturated carbocycles. The molecule has 3 nitrogen and oxygen atoms in total. The lowest BCUT2D eigenvalue weighted by Gasteiger charge is -2.10. The molecule has 1 heterocycles. The van der Waals surface area contributed by atoms with Crippen molar-refractivity contribution in [1.82, 2.24) is 9.78 Å². The minimum absolute atomic E-state index is 0.112. The first kappa shape index (κ1) is 12.8. The molecule has 0 fully saturated rings. The number of hydrogen-bond donors (Lipinski definition) is 1. The second-order valence-electron chi connectivity index (χ2n) is 4.67. The fraction of sp³-hybridized carbons (Fsp3) is 0.400. The van der Waals surface area contributed by atoms with Gasteiger partial charge in [0.25, 0.3) is 0 Å². The SMILES string of the molecule is CCCn1cc(CCC(N)c2ccccc2)cn1. The molecule has 0 saturated heterocycles. The van der Waals surface area contributed by atoms with Crippen molar-refractivity contribution in [1.29, 1.82) is 0 Å². The molecular weight excluding hydrogens is 222 g/mol. The number of nitrogens with two attached hydrogens (primary N) is 1. The predicted molar refractivity (Wildman–Crippen MR) is 74.2 cm³/mol. The summed E-state index contributed by atoms with van der Waals surface area (Å²) >= 11 is 0. The Hall–Kier alpha value is -1.61. The largest absolute Gasteiger partial charge is 0.324 e. The Bertz CT molecular complexity index is 462. The van der Waals surface area contributed by atoms with Gasteiger partial charge in [0.15, 0.2) is 0 Å². The molecule has 0 bridgehead atoms. The molecule has 2 aromatic rings. The lowest BCUT2D eigenvalue weighted by Crippen LogP contribution is -2.10. The normalized spacial score (nSPS) is 12.6. The fourth-order valence-electron chi connectivity index (χ4n) is 2.08. The van der Waals surface area contributed by atoms with Gasteiger partial charge in [-0.15, -0.1) is 0 Å². The van der Waals surface area contributed by atoms with E-state index in [9.17, 15) is 0 Å². The van der Waals surface area contributed by atoms with Gasteiger partial charge in [0.1, 0.15) is 0 Å². The van der Waals surface area contributed by atoms with E-state index in [-0.39, 0.29) is 6.04 Å². The number of rotatable bonds is 6. The van der Waals surface area contributed by atoms with Crippen LogP contribution in [0.3, 0.4) is 0 Å². The highest BCUT2D eigenvalue weighted by molar-refractivity contribution is 5.18. The van der Waals surface area contributed by atoms with Gasteiger partial charge < -0.3 is 5.73 Å². The van der Waals surface area contributed by atoms with Crippen LogP contribution in [0.1, 0.15) is 36.9 Å². The van der Waals surface area contributed by atoms with E-state index >= 15 is 0 Å². The average molecular weight is 243 g/mol. The van der Waals surface area contributed by atoms with E-state index in [4.69, 9.17) is 5.73 Å². The van der Waals surface area contributed by atoms with Crippen LogP contribution in [0.25, 0.3) is 0 Å². The minimum Gasteiger partial charge on any atom is -0.324 e. The van der Waals surface area contributed by atoms with Gasteiger partial charge in [-0.25, -0.2) is 0 Å². The third-order valence-corrected chi connectivity index (χ3v) is 3.11. The molecular formula is C15H21N3. The van der Waals surface area contributed by atoms with Crippen molar-refractivity contribution in [2.75, 3.05) is 0 Å². The van der Waals surface area contributed by atoms with Crippen molar-refractivity contribution >= 4 is 0 Å². The van der Waals surface area contributed by atoms with Crippen molar-refractivity contribution in [3.8, 4) is 0 Å². The lowest BCUT2D eigenvalue weighted by atomic mass is 10.0. The molecule has 0 aliphatic heterocycles. The second kappa shape index (κ2) is 6.36. The summed E-state index contributed by atoms with van der Waals surface area (Å²) in [6.07, 6.45) is 7.14. The summed E-state index contributed by atoms with van der Waals surface area (Å²) in [6, 6.07) is 10.4. The summed E-state index contributed by atoms with van der Waals surface area (Å²) < 4.78 is 2.00. The third-order valence-electron chi connectivity index (χ3n) is 3.11. The maximum Gasteiger partial charge on any atom is 0.0521 e. The van der Waals surface area contributed by atoms with Crippen LogP contribution >= 0.6 is 0 Å². The Morgan fingerprint density at radius 1 is 1.28 bits per heavy atom. The first-order valence-electron chi connectivity index (χ1n) is 6.61. The number of aryl methyl sites for hydroxylation is 2. The van der Waals surface area contributed by atoms with Crippen LogP contribution in [0, 0.1) is 0 Å². The molecule has 0 radical (unpaired) electrons. The van der Waals surface area contributed by atoms with Crippen molar-refractivity contribution in [3.05, 3.63) is 53.9 Å². The number of hydrogen-bond acceptors (Lipinski definition) is 2. The van der Waals surface area contributed by atoms with Gasteiger partial charge >= 0.3 is 0 Å². The Balaban J connectivity index is 1.87. The molecule has 18 heavy (non-hydrogen) atoms.